The molecular weight excluding hydrogens is 342 g/mol. The molecule has 3 rings (SSSR count). The highest BCUT2D eigenvalue weighted by molar-refractivity contribution is 6.31. The van der Waals surface area contributed by atoms with Gasteiger partial charge in [0.05, 0.1) is 17.7 Å². The van der Waals surface area contributed by atoms with Gasteiger partial charge in [0, 0.05) is 29.7 Å². The maximum atomic E-state index is 12.3. The zero-order chi connectivity index (χ0) is 19.4. The molecule has 0 radical (unpaired) electrons. The van der Waals surface area contributed by atoms with Crippen molar-refractivity contribution in [3.05, 3.63) is 65.4 Å². The smallest absolute Gasteiger partial charge is 0.338 e. The molecule has 1 aliphatic heterocycles. The maximum absolute atomic E-state index is 12.3. The Morgan fingerprint density at radius 3 is 2.59 bits per heavy atom. The van der Waals surface area contributed by atoms with Crippen LogP contribution in [-0.2, 0) is 16.1 Å². The van der Waals surface area contributed by atoms with Crippen molar-refractivity contribution in [3.8, 4) is 0 Å². The van der Waals surface area contributed by atoms with Crippen molar-refractivity contribution >= 4 is 28.8 Å². The fourth-order valence-electron chi connectivity index (χ4n) is 2.91. The quantitative estimate of drug-likeness (QED) is 0.607. The summed E-state index contributed by atoms with van der Waals surface area (Å²) in [5, 5.41) is 5.96. The average molecular weight is 365 g/mol. The monoisotopic (exact) mass is 365 g/mol. The van der Waals surface area contributed by atoms with E-state index in [1.54, 1.807) is 31.3 Å². The number of rotatable bonds is 6. The minimum Gasteiger partial charge on any atom is -0.462 e. The Morgan fingerprint density at radius 2 is 1.93 bits per heavy atom. The number of fused-ring (bicyclic) bond motifs is 1. The molecule has 1 heterocycles. The van der Waals surface area contributed by atoms with Gasteiger partial charge in [0.25, 0.3) is 5.91 Å². The summed E-state index contributed by atoms with van der Waals surface area (Å²) >= 11 is 0. The molecule has 140 valence electrons. The lowest BCUT2D eigenvalue weighted by molar-refractivity contribution is -0.110. The van der Waals surface area contributed by atoms with Crippen molar-refractivity contribution in [2.45, 2.75) is 13.5 Å². The van der Waals surface area contributed by atoms with Crippen molar-refractivity contribution in [2.75, 3.05) is 31.3 Å². The minimum absolute atomic E-state index is 0.206. The third-order valence-electron chi connectivity index (χ3n) is 4.15. The number of nitrogens with zero attached hydrogens (tertiary/aromatic N) is 1. The van der Waals surface area contributed by atoms with Crippen LogP contribution in [-0.4, -0.2) is 37.5 Å². The standard InChI is InChI=1S/C21H23N3O3/c1-4-27-21(26)15-7-10-17-18(20(25)23-19(17)11-15)12-22-16-8-5-14(6-9-16)13-24(2)3/h5-12,22H,4,13H2,1-3H3,(H,23,25)/b18-12-. The van der Waals surface area contributed by atoms with E-state index in [0.29, 0.717) is 23.4 Å². The van der Waals surface area contributed by atoms with Crippen molar-refractivity contribution in [1.29, 1.82) is 0 Å². The summed E-state index contributed by atoms with van der Waals surface area (Å²) in [6.07, 6.45) is 1.69. The number of nitrogens with one attached hydrogen (secondary N) is 2. The molecule has 0 aromatic heterocycles. The van der Waals surface area contributed by atoms with E-state index in [1.165, 1.54) is 5.56 Å². The van der Waals surface area contributed by atoms with Gasteiger partial charge in [-0.05, 0) is 50.8 Å². The lowest BCUT2D eigenvalue weighted by Crippen LogP contribution is -2.10. The van der Waals surface area contributed by atoms with E-state index in [2.05, 4.69) is 27.7 Å². The number of ether oxygens (including phenoxy) is 1. The molecule has 0 saturated heterocycles. The lowest BCUT2D eigenvalue weighted by Gasteiger charge is -2.10. The first-order valence-electron chi connectivity index (χ1n) is 8.81. The Bertz CT molecular complexity index is 886. The van der Waals surface area contributed by atoms with Gasteiger partial charge in [0.15, 0.2) is 0 Å². The number of benzene rings is 2. The van der Waals surface area contributed by atoms with Gasteiger partial charge in [-0.25, -0.2) is 4.79 Å². The van der Waals surface area contributed by atoms with E-state index in [4.69, 9.17) is 4.74 Å². The number of amides is 1. The SMILES string of the molecule is CCOC(=O)c1ccc2c(c1)NC(=O)/C2=C\Nc1ccc(CN(C)C)cc1. The summed E-state index contributed by atoms with van der Waals surface area (Å²) in [4.78, 5) is 26.2. The number of hydrogen-bond acceptors (Lipinski definition) is 5. The molecule has 6 heteroatoms. The first-order chi connectivity index (χ1) is 13.0. The Kier molecular flexibility index (Phi) is 5.57. The number of hydrogen-bond donors (Lipinski definition) is 2. The van der Waals surface area contributed by atoms with Crippen LogP contribution in [0.15, 0.2) is 48.7 Å². The highest BCUT2D eigenvalue weighted by atomic mass is 16.5. The van der Waals surface area contributed by atoms with Gasteiger partial charge in [0.1, 0.15) is 0 Å². The molecule has 27 heavy (non-hydrogen) atoms. The highest BCUT2D eigenvalue weighted by Gasteiger charge is 2.25. The number of carbonyl (C=O) groups excluding carboxylic acids is 2. The second kappa shape index (κ2) is 8.05. The molecule has 2 aromatic carbocycles. The summed E-state index contributed by atoms with van der Waals surface area (Å²) in [7, 11) is 4.06. The average Bonchev–Trinajstić information content (AvgIpc) is 2.95. The van der Waals surface area contributed by atoms with Gasteiger partial charge in [-0.2, -0.15) is 0 Å². The van der Waals surface area contributed by atoms with Crippen LogP contribution in [0.4, 0.5) is 11.4 Å². The van der Waals surface area contributed by atoms with Gasteiger partial charge in [-0.1, -0.05) is 18.2 Å². The van der Waals surface area contributed by atoms with Gasteiger partial charge >= 0.3 is 5.97 Å². The van der Waals surface area contributed by atoms with Gasteiger partial charge < -0.3 is 20.3 Å². The predicted molar refractivity (Wildman–Crippen MR) is 106 cm³/mol. The number of carbonyl (C=O) groups is 2. The van der Waals surface area contributed by atoms with Crippen LogP contribution in [0.25, 0.3) is 5.57 Å². The zero-order valence-corrected chi connectivity index (χ0v) is 15.7. The molecule has 1 aliphatic rings. The van der Waals surface area contributed by atoms with E-state index in [0.717, 1.165) is 17.8 Å². The molecule has 0 fully saturated rings. The van der Waals surface area contributed by atoms with Crippen LogP contribution in [0.2, 0.25) is 0 Å². The van der Waals surface area contributed by atoms with Crippen molar-refractivity contribution in [3.63, 3.8) is 0 Å². The van der Waals surface area contributed by atoms with E-state index in [-0.39, 0.29) is 5.91 Å². The number of esters is 1. The molecule has 0 aliphatic carbocycles. The van der Waals surface area contributed by atoms with Crippen molar-refractivity contribution in [1.82, 2.24) is 4.90 Å². The van der Waals surface area contributed by atoms with Crippen LogP contribution in [0.3, 0.4) is 0 Å². The van der Waals surface area contributed by atoms with E-state index < -0.39 is 5.97 Å². The molecule has 0 saturated carbocycles. The Balaban J connectivity index is 1.76. The van der Waals surface area contributed by atoms with Crippen LogP contribution in [0.1, 0.15) is 28.4 Å². The molecule has 0 unspecified atom stereocenters. The van der Waals surface area contributed by atoms with Crippen molar-refractivity contribution in [2.24, 2.45) is 0 Å². The second-order valence-electron chi connectivity index (χ2n) is 6.57. The van der Waals surface area contributed by atoms with E-state index in [1.807, 2.05) is 26.2 Å². The summed E-state index contributed by atoms with van der Waals surface area (Å²) in [6, 6.07) is 13.1. The van der Waals surface area contributed by atoms with Crippen LogP contribution < -0.4 is 10.6 Å². The lowest BCUT2D eigenvalue weighted by atomic mass is 10.1. The predicted octanol–water partition coefficient (Wildman–Crippen LogP) is 3.33. The first-order valence-corrected chi connectivity index (χ1v) is 8.81. The summed E-state index contributed by atoms with van der Waals surface area (Å²) in [6.45, 7) is 2.94. The fraction of sp³-hybridized carbons (Fsp3) is 0.238. The van der Waals surface area contributed by atoms with Crippen LogP contribution >= 0.6 is 0 Å². The molecular formula is C21H23N3O3. The highest BCUT2D eigenvalue weighted by Crippen LogP contribution is 2.32. The fourth-order valence-corrected chi connectivity index (χ4v) is 2.91. The topological polar surface area (TPSA) is 70.7 Å². The van der Waals surface area contributed by atoms with Crippen LogP contribution in [0.5, 0.6) is 0 Å². The maximum Gasteiger partial charge on any atom is 0.338 e. The Labute approximate surface area is 158 Å². The summed E-state index contributed by atoms with van der Waals surface area (Å²) in [5.74, 6) is -0.606. The summed E-state index contributed by atoms with van der Waals surface area (Å²) < 4.78 is 5.00. The van der Waals surface area contributed by atoms with Crippen LogP contribution in [0, 0.1) is 0 Å². The first kappa shape index (κ1) is 18.7. The molecule has 6 nitrogen and oxygen atoms in total. The molecule has 0 bridgehead atoms. The molecule has 2 N–H and O–H groups in total. The molecule has 2 aromatic rings. The molecule has 0 spiro atoms. The van der Waals surface area contributed by atoms with E-state index >= 15 is 0 Å². The van der Waals surface area contributed by atoms with Gasteiger partial charge in [-0.15, -0.1) is 0 Å². The zero-order valence-electron chi connectivity index (χ0n) is 15.7. The third-order valence-corrected chi connectivity index (χ3v) is 4.15. The largest absolute Gasteiger partial charge is 0.462 e. The molecule has 0 atom stereocenters. The van der Waals surface area contributed by atoms with Gasteiger partial charge in [0.2, 0.25) is 0 Å². The number of anilines is 2. The third kappa shape index (κ3) is 4.35. The minimum atomic E-state index is -0.400. The normalized spacial score (nSPS) is 14.2. The van der Waals surface area contributed by atoms with Crippen molar-refractivity contribution < 1.29 is 14.3 Å². The Morgan fingerprint density at radius 1 is 1.19 bits per heavy atom. The van der Waals surface area contributed by atoms with Gasteiger partial charge in [-0.3, -0.25) is 4.79 Å². The summed E-state index contributed by atoms with van der Waals surface area (Å²) in [5.41, 5.74) is 4.42. The molecule has 1 amide bonds. The second-order valence-corrected chi connectivity index (χ2v) is 6.57. The van der Waals surface area contributed by atoms with E-state index in [9.17, 15) is 9.59 Å². The Hall–Kier alpha value is -3.12.